The van der Waals surface area contributed by atoms with Crippen LogP contribution in [-0.2, 0) is 17.8 Å². The molecule has 4 rings (SSSR count). The molecule has 9 heteroatoms. The van der Waals surface area contributed by atoms with Crippen molar-refractivity contribution in [3.05, 3.63) is 71.7 Å². The smallest absolute Gasteiger partial charge is 0.223 e. The number of anilines is 1. The molecule has 1 aliphatic rings. The summed E-state index contributed by atoms with van der Waals surface area (Å²) in [5, 5.41) is 22.6. The summed E-state index contributed by atoms with van der Waals surface area (Å²) in [4.78, 5) is 15.6. The number of aliphatic hydroxyl groups is 1. The third-order valence-electron chi connectivity index (χ3n) is 5.11. The van der Waals surface area contributed by atoms with Crippen molar-refractivity contribution >= 4 is 29.4 Å². The van der Waals surface area contributed by atoms with Crippen LogP contribution >= 0.6 is 0 Å². The van der Waals surface area contributed by atoms with Crippen LogP contribution in [0.5, 0.6) is 5.75 Å². The number of aliphatic hydroxyl groups excluding tert-OH is 1. The standard InChI is InChI=1S/C23H26N5O2.C2H4O2/c1-26(2)23-21(16-25-28(23)12-13-29)24-15-18-14-19-6-4-5-11-27(19)22(18)17-7-9-20(30-3)10-8-17;1-2(3)4/h4-11,15-16,29H,12-14H2,1-3H3;1H3,(H,3,4)/q+1;/p-1/b24-15+;. The first-order chi connectivity index (χ1) is 16.3. The molecule has 9 nitrogen and oxygen atoms in total. The van der Waals surface area contributed by atoms with Gasteiger partial charge in [0, 0.05) is 44.0 Å². The average Bonchev–Trinajstić information content (AvgIpc) is 3.38. The number of carboxylic acids is 1. The lowest BCUT2D eigenvalue weighted by Gasteiger charge is -2.15. The van der Waals surface area contributed by atoms with E-state index in [0.717, 1.165) is 47.4 Å². The number of methoxy groups -OCH3 is 1. The van der Waals surface area contributed by atoms with Gasteiger partial charge in [0.05, 0.1) is 38.5 Å². The van der Waals surface area contributed by atoms with E-state index < -0.39 is 5.97 Å². The summed E-state index contributed by atoms with van der Waals surface area (Å²) < 4.78 is 9.29. The lowest BCUT2D eigenvalue weighted by atomic mass is 10.1. The van der Waals surface area contributed by atoms with E-state index in [0.29, 0.717) is 6.54 Å². The minimum absolute atomic E-state index is 0.0321. The Balaban J connectivity index is 0.000000751. The van der Waals surface area contributed by atoms with Crippen LogP contribution in [0.15, 0.2) is 65.4 Å². The highest BCUT2D eigenvalue weighted by Gasteiger charge is 2.30. The van der Waals surface area contributed by atoms with Crippen molar-refractivity contribution in [1.29, 1.82) is 0 Å². The number of hydrogen-bond donors (Lipinski definition) is 1. The first-order valence-corrected chi connectivity index (χ1v) is 10.8. The van der Waals surface area contributed by atoms with E-state index in [9.17, 15) is 5.11 Å². The number of benzene rings is 1. The molecule has 0 unspecified atom stereocenters. The summed E-state index contributed by atoms with van der Waals surface area (Å²) in [5.74, 6) is 0.618. The van der Waals surface area contributed by atoms with E-state index in [1.54, 1.807) is 18.0 Å². The van der Waals surface area contributed by atoms with Gasteiger partial charge in [-0.25, -0.2) is 4.68 Å². The number of carbonyl (C=O) groups excluding carboxylic acids is 1. The van der Waals surface area contributed by atoms with Gasteiger partial charge in [0.25, 0.3) is 0 Å². The summed E-state index contributed by atoms with van der Waals surface area (Å²) >= 11 is 0. The summed E-state index contributed by atoms with van der Waals surface area (Å²) in [6.07, 6.45) is 6.55. The van der Waals surface area contributed by atoms with Gasteiger partial charge in [0.15, 0.2) is 17.7 Å². The largest absolute Gasteiger partial charge is 0.550 e. The molecule has 0 aliphatic carbocycles. The van der Waals surface area contributed by atoms with Gasteiger partial charge in [-0.2, -0.15) is 9.67 Å². The molecular formula is C25H29N5O4. The number of pyridine rings is 1. The Morgan fingerprint density at radius 3 is 2.62 bits per heavy atom. The van der Waals surface area contributed by atoms with Gasteiger partial charge in [-0.05, 0) is 31.2 Å². The first kappa shape index (κ1) is 24.7. The molecule has 0 saturated carbocycles. The third kappa shape index (κ3) is 5.68. The molecule has 0 atom stereocenters. The average molecular weight is 464 g/mol. The van der Waals surface area contributed by atoms with E-state index in [-0.39, 0.29) is 6.61 Å². The quantitative estimate of drug-likeness (QED) is 0.417. The number of aliphatic imine (C=N–C) groups is 1. The molecular weight excluding hydrogens is 434 g/mol. The number of carboxylic acid groups (broad SMARTS) is 1. The van der Waals surface area contributed by atoms with Gasteiger partial charge >= 0.3 is 0 Å². The molecule has 34 heavy (non-hydrogen) atoms. The molecule has 0 spiro atoms. The zero-order chi connectivity index (χ0) is 24.7. The predicted molar refractivity (Wildman–Crippen MR) is 128 cm³/mol. The normalized spacial score (nSPS) is 12.4. The van der Waals surface area contributed by atoms with Crippen molar-refractivity contribution in [1.82, 2.24) is 9.78 Å². The Morgan fingerprint density at radius 2 is 2.00 bits per heavy atom. The van der Waals surface area contributed by atoms with Gasteiger partial charge in [-0.3, -0.25) is 4.99 Å². The van der Waals surface area contributed by atoms with Crippen molar-refractivity contribution in [3.63, 3.8) is 0 Å². The molecule has 1 N–H and O–H groups in total. The van der Waals surface area contributed by atoms with Gasteiger partial charge in [-0.15, -0.1) is 0 Å². The van der Waals surface area contributed by atoms with Crippen molar-refractivity contribution in [2.75, 3.05) is 32.7 Å². The zero-order valence-electron chi connectivity index (χ0n) is 19.8. The van der Waals surface area contributed by atoms with E-state index in [1.165, 1.54) is 5.69 Å². The van der Waals surface area contributed by atoms with Crippen LogP contribution in [0.3, 0.4) is 0 Å². The number of carbonyl (C=O) groups is 1. The third-order valence-corrected chi connectivity index (χ3v) is 5.11. The Labute approximate surface area is 198 Å². The number of fused-ring (bicyclic) bond motifs is 1. The summed E-state index contributed by atoms with van der Waals surface area (Å²) in [7, 11) is 5.58. The number of allylic oxidation sites excluding steroid dienone is 1. The van der Waals surface area contributed by atoms with E-state index in [1.807, 2.05) is 43.4 Å². The zero-order valence-corrected chi connectivity index (χ0v) is 19.8. The van der Waals surface area contributed by atoms with Gasteiger partial charge in [-0.1, -0.05) is 6.07 Å². The maximum Gasteiger partial charge on any atom is 0.223 e. The number of aromatic nitrogens is 3. The number of hydrogen-bond acceptors (Lipinski definition) is 7. The molecule has 0 bridgehead atoms. The summed E-state index contributed by atoms with van der Waals surface area (Å²) in [6.45, 7) is 1.44. The fourth-order valence-corrected chi connectivity index (χ4v) is 3.78. The van der Waals surface area contributed by atoms with Crippen LogP contribution in [0.2, 0.25) is 0 Å². The molecule has 1 aromatic carbocycles. The van der Waals surface area contributed by atoms with Gasteiger partial charge < -0.3 is 24.6 Å². The molecule has 178 valence electrons. The summed E-state index contributed by atoms with van der Waals surface area (Å²) in [5.41, 5.74) is 5.35. The fourth-order valence-electron chi connectivity index (χ4n) is 3.78. The number of nitrogens with zero attached hydrogens (tertiary/aromatic N) is 5. The van der Waals surface area contributed by atoms with E-state index in [4.69, 9.17) is 19.6 Å². The van der Waals surface area contributed by atoms with Crippen LogP contribution in [0, 0.1) is 0 Å². The predicted octanol–water partition coefficient (Wildman–Crippen LogP) is 1.21. The minimum Gasteiger partial charge on any atom is -0.550 e. The Kier molecular flexibility index (Phi) is 8.15. The maximum absolute atomic E-state index is 9.30. The van der Waals surface area contributed by atoms with Gasteiger partial charge in [0.1, 0.15) is 11.4 Å². The van der Waals surface area contributed by atoms with Crippen molar-refractivity contribution < 1.29 is 24.3 Å². The van der Waals surface area contributed by atoms with Crippen LogP contribution in [-0.4, -0.2) is 54.9 Å². The molecule has 2 aromatic heterocycles. The molecule has 0 saturated heterocycles. The highest BCUT2D eigenvalue weighted by atomic mass is 16.5. The van der Waals surface area contributed by atoms with Crippen LogP contribution in [0.25, 0.3) is 5.70 Å². The van der Waals surface area contributed by atoms with Crippen LogP contribution in [0.1, 0.15) is 18.2 Å². The van der Waals surface area contributed by atoms with Crippen molar-refractivity contribution in [2.24, 2.45) is 4.99 Å². The highest BCUT2D eigenvalue weighted by molar-refractivity contribution is 5.92. The minimum atomic E-state index is -1.08. The maximum atomic E-state index is 9.30. The number of ether oxygens (including phenoxy) is 1. The first-order valence-electron chi connectivity index (χ1n) is 10.8. The Hall–Kier alpha value is -3.98. The molecule has 0 amide bonds. The van der Waals surface area contributed by atoms with E-state index in [2.05, 4.69) is 40.1 Å². The lowest BCUT2D eigenvalue weighted by molar-refractivity contribution is -0.582. The topological polar surface area (TPSA) is 107 Å². The molecule has 3 aromatic rings. The lowest BCUT2D eigenvalue weighted by Crippen LogP contribution is -2.33. The SMILES string of the molecule is CC(=O)[O-].COc1ccc(C2=C(/C=N/c3cnn(CCO)c3N(C)C)Cc3cccc[n+]32)cc1. The Morgan fingerprint density at radius 1 is 1.29 bits per heavy atom. The second kappa shape index (κ2) is 11.2. The number of rotatable bonds is 7. The second-order valence-electron chi connectivity index (χ2n) is 7.79. The molecule has 0 fully saturated rings. The monoisotopic (exact) mass is 463 g/mol. The molecule has 1 aliphatic heterocycles. The van der Waals surface area contributed by atoms with Gasteiger partial charge in [0.2, 0.25) is 5.70 Å². The van der Waals surface area contributed by atoms with Crippen LogP contribution in [0.4, 0.5) is 11.5 Å². The Bertz CT molecular complexity index is 1190. The highest BCUT2D eigenvalue weighted by Crippen LogP contribution is 2.29. The van der Waals surface area contributed by atoms with Crippen molar-refractivity contribution in [3.8, 4) is 5.75 Å². The van der Waals surface area contributed by atoms with Crippen LogP contribution < -0.4 is 19.3 Å². The second-order valence-corrected chi connectivity index (χ2v) is 7.79. The fraction of sp³-hybridized carbons (Fsp3) is 0.280. The van der Waals surface area contributed by atoms with Crippen molar-refractivity contribution in [2.45, 2.75) is 19.9 Å². The molecule has 0 radical (unpaired) electrons. The van der Waals surface area contributed by atoms with E-state index >= 15 is 0 Å². The molecule has 3 heterocycles. The number of aliphatic carboxylic acids is 1. The summed E-state index contributed by atoms with van der Waals surface area (Å²) in [6, 6.07) is 14.3.